The van der Waals surface area contributed by atoms with Crippen LogP contribution in [-0.4, -0.2) is 23.8 Å². The summed E-state index contributed by atoms with van der Waals surface area (Å²) in [5, 5.41) is 4.20. The van der Waals surface area contributed by atoms with Crippen LogP contribution in [0.3, 0.4) is 0 Å². The minimum atomic E-state index is -0.0118. The number of fused-ring (bicyclic) bond motifs is 3. The quantitative estimate of drug-likeness (QED) is 0.868. The summed E-state index contributed by atoms with van der Waals surface area (Å²) in [7, 11) is 0. The summed E-state index contributed by atoms with van der Waals surface area (Å²) in [5.41, 5.74) is 2.11. The molecular formula is C14H12ClN3O. The van der Waals surface area contributed by atoms with E-state index in [2.05, 4.69) is 15.2 Å². The van der Waals surface area contributed by atoms with Crippen molar-refractivity contribution in [1.82, 2.24) is 4.90 Å². The summed E-state index contributed by atoms with van der Waals surface area (Å²) >= 11 is 6.08. The Kier molecular flexibility index (Phi) is 2.32. The standard InChI is InChI=1S/C14H12ClN3O/c15-9-3-4-10-11(8-9)17-14(12-2-1-7-19-12)18-6-5-16-13(10)18/h1-4,7-8,14,17H,5-6H2. The number of amidine groups is 1. The highest BCUT2D eigenvalue weighted by atomic mass is 35.5. The Morgan fingerprint density at radius 2 is 2.32 bits per heavy atom. The van der Waals surface area contributed by atoms with Gasteiger partial charge in [-0.05, 0) is 30.3 Å². The van der Waals surface area contributed by atoms with Gasteiger partial charge in [-0.1, -0.05) is 11.6 Å². The van der Waals surface area contributed by atoms with Crippen LogP contribution in [0.2, 0.25) is 5.02 Å². The Morgan fingerprint density at radius 3 is 3.16 bits per heavy atom. The van der Waals surface area contributed by atoms with E-state index in [1.54, 1.807) is 6.26 Å². The van der Waals surface area contributed by atoms with Crippen molar-refractivity contribution in [3.63, 3.8) is 0 Å². The van der Waals surface area contributed by atoms with Gasteiger partial charge < -0.3 is 14.6 Å². The normalized spacial score (nSPS) is 20.6. The lowest BCUT2D eigenvalue weighted by Gasteiger charge is -2.36. The molecule has 0 saturated heterocycles. The molecule has 4 nitrogen and oxygen atoms in total. The largest absolute Gasteiger partial charge is 0.465 e. The summed E-state index contributed by atoms with van der Waals surface area (Å²) in [6, 6.07) is 9.72. The van der Waals surface area contributed by atoms with Crippen LogP contribution in [0, 0.1) is 0 Å². The van der Waals surface area contributed by atoms with Gasteiger partial charge in [-0.2, -0.15) is 0 Å². The number of benzene rings is 1. The van der Waals surface area contributed by atoms with Gasteiger partial charge in [-0.15, -0.1) is 0 Å². The van der Waals surface area contributed by atoms with Crippen LogP contribution in [0.25, 0.3) is 0 Å². The summed E-state index contributed by atoms with van der Waals surface area (Å²) in [6.45, 7) is 1.71. The molecule has 1 atom stereocenters. The van der Waals surface area contributed by atoms with Gasteiger partial charge in [0, 0.05) is 22.8 Å². The molecule has 1 aromatic carbocycles. The Labute approximate surface area is 115 Å². The maximum Gasteiger partial charge on any atom is 0.160 e. The van der Waals surface area contributed by atoms with Gasteiger partial charge in [-0.3, -0.25) is 4.99 Å². The minimum absolute atomic E-state index is 0.0118. The van der Waals surface area contributed by atoms with Gasteiger partial charge in [-0.25, -0.2) is 0 Å². The van der Waals surface area contributed by atoms with Gasteiger partial charge >= 0.3 is 0 Å². The highest BCUT2D eigenvalue weighted by Gasteiger charge is 2.34. The fourth-order valence-electron chi connectivity index (χ4n) is 2.68. The van der Waals surface area contributed by atoms with Crippen molar-refractivity contribution in [2.24, 2.45) is 4.99 Å². The molecule has 5 heteroatoms. The monoisotopic (exact) mass is 273 g/mol. The van der Waals surface area contributed by atoms with E-state index in [-0.39, 0.29) is 6.17 Å². The summed E-state index contributed by atoms with van der Waals surface area (Å²) in [4.78, 5) is 6.84. The van der Waals surface area contributed by atoms with Crippen molar-refractivity contribution in [1.29, 1.82) is 0 Å². The number of furan rings is 1. The summed E-state index contributed by atoms with van der Waals surface area (Å²) in [5.74, 6) is 1.91. The second-order valence-electron chi connectivity index (χ2n) is 4.65. The molecule has 1 aromatic heterocycles. The molecule has 4 rings (SSSR count). The number of hydrogen-bond donors (Lipinski definition) is 1. The molecule has 0 bridgehead atoms. The highest BCUT2D eigenvalue weighted by Crippen LogP contribution is 2.36. The molecule has 2 aliphatic heterocycles. The number of nitrogens with zero attached hydrogens (tertiary/aromatic N) is 2. The number of hydrogen-bond acceptors (Lipinski definition) is 4. The van der Waals surface area contributed by atoms with E-state index in [0.717, 1.165) is 41.0 Å². The van der Waals surface area contributed by atoms with Crippen LogP contribution >= 0.6 is 11.6 Å². The lowest BCUT2D eigenvalue weighted by molar-refractivity contribution is 0.316. The van der Waals surface area contributed by atoms with Crippen molar-refractivity contribution < 1.29 is 4.42 Å². The van der Waals surface area contributed by atoms with E-state index in [1.165, 1.54) is 0 Å². The van der Waals surface area contributed by atoms with E-state index in [0.29, 0.717) is 0 Å². The maximum atomic E-state index is 6.08. The van der Waals surface area contributed by atoms with Crippen molar-refractivity contribution in [3.8, 4) is 0 Å². The number of halogens is 1. The number of anilines is 1. The summed E-state index contributed by atoms with van der Waals surface area (Å²) in [6.07, 6.45) is 1.68. The van der Waals surface area contributed by atoms with Crippen LogP contribution in [0.15, 0.2) is 46.0 Å². The zero-order valence-electron chi connectivity index (χ0n) is 10.1. The first kappa shape index (κ1) is 10.9. The molecule has 0 saturated carbocycles. The van der Waals surface area contributed by atoms with E-state index in [9.17, 15) is 0 Å². The molecule has 19 heavy (non-hydrogen) atoms. The third-order valence-corrected chi connectivity index (χ3v) is 3.75. The van der Waals surface area contributed by atoms with Crippen molar-refractivity contribution in [2.45, 2.75) is 6.17 Å². The third kappa shape index (κ3) is 1.64. The summed E-state index contributed by atoms with van der Waals surface area (Å²) < 4.78 is 5.53. The number of aliphatic imine (C=N–C) groups is 1. The lowest BCUT2D eigenvalue weighted by atomic mass is 10.1. The van der Waals surface area contributed by atoms with Crippen LogP contribution in [-0.2, 0) is 0 Å². The molecule has 0 spiro atoms. The van der Waals surface area contributed by atoms with Crippen LogP contribution < -0.4 is 5.32 Å². The molecule has 3 heterocycles. The molecule has 2 aromatic rings. The third-order valence-electron chi connectivity index (χ3n) is 3.51. The first-order valence-electron chi connectivity index (χ1n) is 6.24. The molecule has 0 radical (unpaired) electrons. The van der Waals surface area contributed by atoms with Gasteiger partial charge in [0.25, 0.3) is 0 Å². The lowest BCUT2D eigenvalue weighted by Crippen LogP contribution is -2.41. The highest BCUT2D eigenvalue weighted by molar-refractivity contribution is 6.31. The SMILES string of the molecule is Clc1ccc2c(c1)NC(c1ccco1)N1CCN=C21. The van der Waals surface area contributed by atoms with E-state index in [1.807, 2.05) is 30.3 Å². The Balaban J connectivity index is 1.84. The van der Waals surface area contributed by atoms with E-state index >= 15 is 0 Å². The van der Waals surface area contributed by atoms with Gasteiger partial charge in [0.05, 0.1) is 12.8 Å². The maximum absolute atomic E-state index is 6.08. The van der Waals surface area contributed by atoms with Gasteiger partial charge in [0.1, 0.15) is 11.6 Å². The van der Waals surface area contributed by atoms with Gasteiger partial charge in [0.15, 0.2) is 6.17 Å². The second kappa shape index (κ2) is 4.03. The molecule has 0 fully saturated rings. The van der Waals surface area contributed by atoms with Gasteiger partial charge in [0.2, 0.25) is 0 Å². The zero-order chi connectivity index (χ0) is 12.8. The van der Waals surface area contributed by atoms with Crippen molar-refractivity contribution >= 4 is 23.1 Å². The topological polar surface area (TPSA) is 40.8 Å². The average Bonchev–Trinajstić information content (AvgIpc) is 3.08. The molecule has 1 N–H and O–H groups in total. The van der Waals surface area contributed by atoms with E-state index < -0.39 is 0 Å². The average molecular weight is 274 g/mol. The molecule has 2 aliphatic rings. The number of rotatable bonds is 1. The van der Waals surface area contributed by atoms with E-state index in [4.69, 9.17) is 16.0 Å². The zero-order valence-corrected chi connectivity index (χ0v) is 10.9. The van der Waals surface area contributed by atoms with Crippen LogP contribution in [0.5, 0.6) is 0 Å². The first-order valence-corrected chi connectivity index (χ1v) is 6.62. The number of nitrogens with one attached hydrogen (secondary N) is 1. The molecule has 0 aliphatic carbocycles. The minimum Gasteiger partial charge on any atom is -0.465 e. The smallest absolute Gasteiger partial charge is 0.160 e. The van der Waals surface area contributed by atoms with Crippen molar-refractivity contribution in [2.75, 3.05) is 18.4 Å². The molecule has 96 valence electrons. The predicted octanol–water partition coefficient (Wildman–Crippen LogP) is 3.12. The molecular weight excluding hydrogens is 262 g/mol. The molecule has 0 amide bonds. The van der Waals surface area contributed by atoms with Crippen LogP contribution in [0.4, 0.5) is 5.69 Å². The fourth-order valence-corrected chi connectivity index (χ4v) is 2.85. The Hall–Kier alpha value is -1.94. The fraction of sp³-hybridized carbons (Fsp3) is 0.214. The first-order chi connectivity index (χ1) is 9.33. The Bertz CT molecular complexity index is 651. The predicted molar refractivity (Wildman–Crippen MR) is 74.6 cm³/mol. The second-order valence-corrected chi connectivity index (χ2v) is 5.09. The van der Waals surface area contributed by atoms with Crippen LogP contribution in [0.1, 0.15) is 17.5 Å². The molecule has 1 unspecified atom stereocenters. The van der Waals surface area contributed by atoms with Crippen molar-refractivity contribution in [3.05, 3.63) is 52.9 Å². The Morgan fingerprint density at radius 1 is 1.37 bits per heavy atom.